The first-order valence-electron chi connectivity index (χ1n) is 10.8. The molecule has 0 unspecified atom stereocenters. The van der Waals surface area contributed by atoms with Crippen molar-refractivity contribution in [2.45, 2.75) is 60.3 Å². The second-order valence-electron chi connectivity index (χ2n) is 8.61. The highest BCUT2D eigenvalue weighted by Gasteiger charge is 2.18. The smallest absolute Gasteiger partial charge is 0.330 e. The minimum atomic E-state index is -0.481. The lowest BCUT2D eigenvalue weighted by Gasteiger charge is -2.19. The lowest BCUT2D eigenvalue weighted by molar-refractivity contribution is 0.0588. The Balaban J connectivity index is 1.91. The van der Waals surface area contributed by atoms with Gasteiger partial charge in [-0.25, -0.2) is 4.79 Å². The van der Waals surface area contributed by atoms with Gasteiger partial charge < -0.3 is 4.74 Å². The molecule has 0 amide bonds. The fourth-order valence-electron chi connectivity index (χ4n) is 4.01. The van der Waals surface area contributed by atoms with Gasteiger partial charge in [0.05, 0.1) is 6.61 Å². The van der Waals surface area contributed by atoms with E-state index < -0.39 is 5.69 Å². The first-order valence-corrected chi connectivity index (χ1v) is 10.8. The van der Waals surface area contributed by atoms with E-state index in [1.807, 2.05) is 39.8 Å². The highest BCUT2D eigenvalue weighted by molar-refractivity contribution is 5.93. The first-order chi connectivity index (χ1) is 15.2. The number of Topliss-reactive ketones (excluding diaryl/α,β-unsaturated/α-hetero) is 1. The normalized spacial score (nSPS) is 11.2. The van der Waals surface area contributed by atoms with Crippen molar-refractivity contribution in [1.82, 2.24) is 9.55 Å². The molecule has 0 saturated heterocycles. The molecule has 2 aromatic carbocycles. The Kier molecular flexibility index (Phi) is 7.26. The zero-order valence-electron chi connectivity index (χ0n) is 19.3. The van der Waals surface area contributed by atoms with Crippen LogP contribution in [0.25, 0.3) is 0 Å². The molecule has 0 atom stereocenters. The average Bonchev–Trinajstić information content (AvgIpc) is 2.69. The summed E-state index contributed by atoms with van der Waals surface area (Å²) in [5.41, 5.74) is 5.29. The van der Waals surface area contributed by atoms with Gasteiger partial charge in [-0.15, -0.1) is 0 Å². The van der Waals surface area contributed by atoms with Gasteiger partial charge in [-0.05, 0) is 37.8 Å². The predicted molar refractivity (Wildman–Crippen MR) is 125 cm³/mol. The Morgan fingerprint density at radius 3 is 2.19 bits per heavy atom. The quantitative estimate of drug-likeness (QED) is 0.538. The molecule has 6 nitrogen and oxygen atoms in total. The number of H-pyrrole nitrogens is 1. The van der Waals surface area contributed by atoms with E-state index in [1.165, 1.54) is 11.5 Å². The van der Waals surface area contributed by atoms with Gasteiger partial charge in [0.15, 0.2) is 5.78 Å². The number of ketones is 1. The van der Waals surface area contributed by atoms with E-state index in [2.05, 4.69) is 23.2 Å². The van der Waals surface area contributed by atoms with Crippen LogP contribution in [0.3, 0.4) is 0 Å². The number of nitrogens with zero attached hydrogens (tertiary/aromatic N) is 1. The summed E-state index contributed by atoms with van der Waals surface area (Å²) in [5, 5.41) is 0. The van der Waals surface area contributed by atoms with Crippen molar-refractivity contribution >= 4 is 5.78 Å². The Labute approximate surface area is 187 Å². The molecule has 168 valence electrons. The molecular formula is C26H30N2O4. The fourth-order valence-corrected chi connectivity index (χ4v) is 4.01. The molecule has 3 aromatic rings. The fraction of sp³-hybridized carbons (Fsp3) is 0.346. The standard InChI is InChI=1S/C26H30N2O4/c1-16(2)24-23(13-21-11-17(3)10-18(4)12-21)28(26(31)27-25(24)30)15-32-14-20-6-8-22(9-7-20)19(5)29/h6-12,16H,13-15H2,1-5H3,(H,27,30,31). The summed E-state index contributed by atoms with van der Waals surface area (Å²) in [5.74, 6) is -0.0415. The number of hydrogen-bond donors (Lipinski definition) is 1. The Bertz CT molecular complexity index is 1210. The molecule has 0 spiro atoms. The summed E-state index contributed by atoms with van der Waals surface area (Å²) >= 11 is 0. The number of carbonyl (C=O) groups is 1. The lowest BCUT2D eigenvalue weighted by Crippen LogP contribution is -2.36. The van der Waals surface area contributed by atoms with Crippen LogP contribution in [0.1, 0.15) is 70.6 Å². The van der Waals surface area contributed by atoms with Crippen LogP contribution in [0.2, 0.25) is 0 Å². The Hall–Kier alpha value is -3.25. The molecule has 0 bridgehead atoms. The number of aryl methyl sites for hydroxylation is 2. The Morgan fingerprint density at radius 1 is 1.00 bits per heavy atom. The summed E-state index contributed by atoms with van der Waals surface area (Å²) in [6.07, 6.45) is 0.464. The van der Waals surface area contributed by atoms with Crippen molar-refractivity contribution in [3.8, 4) is 0 Å². The number of aromatic nitrogens is 2. The van der Waals surface area contributed by atoms with Crippen LogP contribution in [0.4, 0.5) is 0 Å². The van der Waals surface area contributed by atoms with E-state index in [-0.39, 0.29) is 30.6 Å². The van der Waals surface area contributed by atoms with Crippen LogP contribution in [0.15, 0.2) is 52.1 Å². The summed E-state index contributed by atoms with van der Waals surface area (Å²) in [4.78, 5) is 39.2. The van der Waals surface area contributed by atoms with Gasteiger partial charge in [-0.1, -0.05) is 67.4 Å². The molecule has 1 aromatic heterocycles. The maximum absolute atomic E-state index is 12.7. The molecule has 6 heteroatoms. The summed E-state index contributed by atoms with van der Waals surface area (Å²) in [6, 6.07) is 13.4. The van der Waals surface area contributed by atoms with Crippen molar-refractivity contribution in [3.63, 3.8) is 0 Å². The summed E-state index contributed by atoms with van der Waals surface area (Å²) in [7, 11) is 0. The van der Waals surface area contributed by atoms with Gasteiger partial charge in [0, 0.05) is 23.2 Å². The molecule has 1 N–H and O–H groups in total. The molecule has 1 heterocycles. The van der Waals surface area contributed by atoms with Gasteiger partial charge >= 0.3 is 5.69 Å². The molecular weight excluding hydrogens is 404 g/mol. The van der Waals surface area contributed by atoms with Crippen molar-refractivity contribution in [1.29, 1.82) is 0 Å². The number of benzene rings is 2. The molecule has 32 heavy (non-hydrogen) atoms. The predicted octanol–water partition coefficient (Wildman–Crippen LogP) is 4.24. The van der Waals surface area contributed by atoms with Crippen LogP contribution < -0.4 is 11.2 Å². The minimum Gasteiger partial charge on any atom is -0.356 e. The zero-order chi connectivity index (χ0) is 23.4. The average molecular weight is 435 g/mol. The van der Waals surface area contributed by atoms with E-state index in [4.69, 9.17) is 4.74 Å². The van der Waals surface area contributed by atoms with E-state index in [1.54, 1.807) is 12.1 Å². The first kappa shape index (κ1) is 23.4. The minimum absolute atomic E-state index is 0.00880. The highest BCUT2D eigenvalue weighted by atomic mass is 16.5. The number of aromatic amines is 1. The maximum Gasteiger partial charge on any atom is 0.330 e. The molecule has 3 rings (SSSR count). The second-order valence-corrected chi connectivity index (χ2v) is 8.61. The third kappa shape index (κ3) is 5.51. The van der Waals surface area contributed by atoms with Gasteiger partial charge in [0.1, 0.15) is 6.73 Å². The van der Waals surface area contributed by atoms with Crippen molar-refractivity contribution in [3.05, 3.63) is 102 Å². The molecule has 0 aliphatic carbocycles. The van der Waals surface area contributed by atoms with E-state index >= 15 is 0 Å². The van der Waals surface area contributed by atoms with E-state index in [0.717, 1.165) is 22.3 Å². The third-order valence-corrected chi connectivity index (χ3v) is 5.43. The second kappa shape index (κ2) is 9.92. The Morgan fingerprint density at radius 2 is 1.62 bits per heavy atom. The summed E-state index contributed by atoms with van der Waals surface area (Å²) in [6.45, 7) is 9.78. The lowest BCUT2D eigenvalue weighted by atomic mass is 9.96. The van der Waals surface area contributed by atoms with Crippen LogP contribution in [-0.4, -0.2) is 15.3 Å². The topological polar surface area (TPSA) is 81.2 Å². The number of rotatable bonds is 8. The van der Waals surface area contributed by atoms with E-state index in [0.29, 0.717) is 23.2 Å². The van der Waals surface area contributed by atoms with Gasteiger partial charge in [0.2, 0.25) is 0 Å². The maximum atomic E-state index is 12.7. The van der Waals surface area contributed by atoms with Crippen LogP contribution in [-0.2, 0) is 24.5 Å². The van der Waals surface area contributed by atoms with Crippen molar-refractivity contribution < 1.29 is 9.53 Å². The number of carbonyl (C=O) groups excluding carboxylic acids is 1. The largest absolute Gasteiger partial charge is 0.356 e. The van der Waals surface area contributed by atoms with E-state index in [9.17, 15) is 14.4 Å². The van der Waals surface area contributed by atoms with Crippen LogP contribution >= 0.6 is 0 Å². The van der Waals surface area contributed by atoms with Crippen molar-refractivity contribution in [2.24, 2.45) is 0 Å². The highest BCUT2D eigenvalue weighted by Crippen LogP contribution is 2.20. The number of nitrogens with one attached hydrogen (secondary N) is 1. The molecule has 0 aliphatic rings. The van der Waals surface area contributed by atoms with Gasteiger partial charge in [-0.2, -0.15) is 0 Å². The van der Waals surface area contributed by atoms with Crippen LogP contribution in [0, 0.1) is 13.8 Å². The molecule has 0 fully saturated rings. The number of hydrogen-bond acceptors (Lipinski definition) is 4. The number of ether oxygens (including phenoxy) is 1. The zero-order valence-corrected chi connectivity index (χ0v) is 19.3. The van der Waals surface area contributed by atoms with Crippen LogP contribution in [0.5, 0.6) is 0 Å². The van der Waals surface area contributed by atoms with Gasteiger partial charge in [0.25, 0.3) is 5.56 Å². The monoisotopic (exact) mass is 434 g/mol. The molecule has 0 aliphatic heterocycles. The molecule has 0 saturated carbocycles. The van der Waals surface area contributed by atoms with Crippen molar-refractivity contribution in [2.75, 3.05) is 0 Å². The third-order valence-electron chi connectivity index (χ3n) is 5.43. The molecule has 0 radical (unpaired) electrons. The van der Waals surface area contributed by atoms with Gasteiger partial charge in [-0.3, -0.25) is 19.1 Å². The SMILES string of the molecule is CC(=O)c1ccc(COCn2c(Cc3cc(C)cc(C)c3)c(C(C)C)c(=O)[nH]c2=O)cc1. The summed E-state index contributed by atoms with van der Waals surface area (Å²) < 4.78 is 7.36.